The van der Waals surface area contributed by atoms with E-state index in [1.54, 1.807) is 17.8 Å². The van der Waals surface area contributed by atoms with Crippen molar-refractivity contribution in [1.29, 1.82) is 0 Å². The Morgan fingerprint density at radius 3 is 2.75 bits per heavy atom. The number of benzene rings is 1. The third-order valence-corrected chi connectivity index (χ3v) is 2.60. The van der Waals surface area contributed by atoms with E-state index < -0.39 is 0 Å². The zero-order valence-corrected chi connectivity index (χ0v) is 7.74. The highest BCUT2D eigenvalue weighted by Gasteiger charge is 1.99. The molecule has 66 valence electrons. The molecule has 0 aliphatic carbocycles. The second-order valence-electron chi connectivity index (χ2n) is 2.50. The maximum absolute atomic E-state index is 13.0. The summed E-state index contributed by atoms with van der Waals surface area (Å²) in [6.07, 6.45) is 0. The molecule has 1 aromatic rings. The molecule has 0 heterocycles. The summed E-state index contributed by atoms with van der Waals surface area (Å²) in [5.41, 5.74) is 4.51. The van der Waals surface area contributed by atoms with Gasteiger partial charge in [-0.3, -0.25) is 0 Å². The van der Waals surface area contributed by atoms with Crippen molar-refractivity contribution in [3.8, 4) is 0 Å². The molecule has 0 fully saturated rings. The van der Waals surface area contributed by atoms with Crippen LogP contribution >= 0.6 is 11.8 Å². The largest absolute Gasteiger partial charge is 0.357 e. The number of hydrogen-bond donors (Lipinski definition) is 1. The molecule has 12 heavy (non-hydrogen) atoms. The first-order valence-corrected chi connectivity index (χ1v) is 5.10. The van der Waals surface area contributed by atoms with Crippen LogP contribution in [0.2, 0.25) is 0 Å². The van der Waals surface area contributed by atoms with Crippen molar-refractivity contribution < 1.29 is 10.1 Å². The molecule has 1 aromatic carbocycles. The Morgan fingerprint density at radius 2 is 2.08 bits per heavy atom. The molecule has 0 aliphatic heterocycles. The van der Waals surface area contributed by atoms with Crippen LogP contribution in [0.25, 0.3) is 0 Å². The van der Waals surface area contributed by atoms with Gasteiger partial charge in [-0.05, 0) is 11.6 Å². The van der Waals surface area contributed by atoms with E-state index in [4.69, 9.17) is 0 Å². The van der Waals surface area contributed by atoms with E-state index in [0.29, 0.717) is 0 Å². The van der Waals surface area contributed by atoms with Gasteiger partial charge in [0.1, 0.15) is 5.82 Å². The highest BCUT2D eigenvalue weighted by Crippen LogP contribution is 2.14. The molecule has 0 radical (unpaired) electrons. The van der Waals surface area contributed by atoms with Gasteiger partial charge >= 0.3 is 0 Å². The first-order chi connectivity index (χ1) is 5.84. The van der Waals surface area contributed by atoms with Crippen LogP contribution in [0.3, 0.4) is 0 Å². The molecule has 1 rings (SSSR count). The van der Waals surface area contributed by atoms with Gasteiger partial charge in [-0.25, -0.2) is 4.39 Å². The van der Waals surface area contributed by atoms with Crippen molar-refractivity contribution in [3.05, 3.63) is 35.6 Å². The number of hydrogen-bond acceptors (Lipinski definition) is 1. The minimum absolute atomic E-state index is 0.103. The normalized spacial score (nSPS) is 10.2. The molecule has 0 amide bonds. The van der Waals surface area contributed by atoms with Crippen molar-refractivity contribution in [2.45, 2.75) is 5.75 Å². The van der Waals surface area contributed by atoms with Crippen LogP contribution in [0.1, 0.15) is 5.56 Å². The minimum atomic E-state index is -0.103. The zero-order valence-electron chi connectivity index (χ0n) is 6.92. The van der Waals surface area contributed by atoms with Crippen LogP contribution < -0.4 is 5.73 Å². The van der Waals surface area contributed by atoms with Crippen molar-refractivity contribution in [1.82, 2.24) is 0 Å². The number of quaternary nitrogens is 1. The lowest BCUT2D eigenvalue weighted by Crippen LogP contribution is -2.51. The fourth-order valence-corrected chi connectivity index (χ4v) is 1.70. The molecule has 1 nitrogen and oxygen atoms in total. The lowest BCUT2D eigenvalue weighted by molar-refractivity contribution is -0.360. The summed E-state index contributed by atoms with van der Waals surface area (Å²) in [5, 5.41) is 0. The summed E-state index contributed by atoms with van der Waals surface area (Å²) in [7, 11) is 0. The Bertz CT molecular complexity index is 240. The molecule has 0 atom stereocenters. The van der Waals surface area contributed by atoms with E-state index in [1.807, 2.05) is 12.1 Å². The van der Waals surface area contributed by atoms with E-state index in [-0.39, 0.29) is 5.82 Å². The van der Waals surface area contributed by atoms with Gasteiger partial charge in [-0.15, -0.1) is 0 Å². The van der Waals surface area contributed by atoms with Gasteiger partial charge in [0.05, 0.1) is 6.54 Å². The monoisotopic (exact) mass is 186 g/mol. The summed E-state index contributed by atoms with van der Waals surface area (Å²) in [6.45, 7) is 0.902. The van der Waals surface area contributed by atoms with Crippen LogP contribution in [0.4, 0.5) is 4.39 Å². The van der Waals surface area contributed by atoms with Crippen molar-refractivity contribution in [2.75, 3.05) is 12.3 Å². The Balaban J connectivity index is 2.46. The fraction of sp³-hybridized carbons (Fsp3) is 0.333. The molecule has 0 aromatic heterocycles. The molecule has 0 saturated carbocycles. The van der Waals surface area contributed by atoms with Crippen molar-refractivity contribution >= 4 is 11.8 Å². The lowest BCUT2D eigenvalue weighted by atomic mass is 10.2. The third-order valence-electron chi connectivity index (χ3n) is 1.50. The molecular formula is C9H13FNS+. The summed E-state index contributed by atoms with van der Waals surface area (Å²) in [6, 6.07) is 6.90. The Hall–Kier alpha value is -0.540. The van der Waals surface area contributed by atoms with Gasteiger partial charge in [-0.2, -0.15) is 11.8 Å². The maximum atomic E-state index is 13.0. The first kappa shape index (κ1) is 9.55. The summed E-state index contributed by atoms with van der Waals surface area (Å²) in [5.74, 6) is 1.64. The molecule has 0 unspecified atom stereocenters. The molecular weight excluding hydrogens is 173 g/mol. The molecule has 0 bridgehead atoms. The predicted octanol–water partition coefficient (Wildman–Crippen LogP) is 1.30. The van der Waals surface area contributed by atoms with E-state index >= 15 is 0 Å². The second kappa shape index (κ2) is 5.17. The quantitative estimate of drug-likeness (QED) is 0.705. The third kappa shape index (κ3) is 2.83. The Kier molecular flexibility index (Phi) is 4.11. The average molecular weight is 186 g/mol. The molecule has 3 N–H and O–H groups in total. The second-order valence-corrected chi connectivity index (χ2v) is 3.60. The van der Waals surface area contributed by atoms with E-state index in [2.05, 4.69) is 5.73 Å². The van der Waals surface area contributed by atoms with Gasteiger partial charge in [0.15, 0.2) is 0 Å². The highest BCUT2D eigenvalue weighted by atomic mass is 32.2. The average Bonchev–Trinajstić information content (AvgIpc) is 2.09. The SMILES string of the molecule is [NH3+]CCSCc1ccccc1F. The summed E-state index contributed by atoms with van der Waals surface area (Å²) in [4.78, 5) is 0. The maximum Gasteiger partial charge on any atom is 0.127 e. The van der Waals surface area contributed by atoms with Gasteiger partial charge in [0.2, 0.25) is 0 Å². The van der Waals surface area contributed by atoms with Crippen LogP contribution in [0.5, 0.6) is 0 Å². The number of halogens is 1. The number of thioether (sulfide) groups is 1. The van der Waals surface area contributed by atoms with Gasteiger partial charge in [0, 0.05) is 11.5 Å². The Morgan fingerprint density at radius 1 is 1.33 bits per heavy atom. The Labute approximate surface area is 76.2 Å². The first-order valence-electron chi connectivity index (χ1n) is 3.95. The van der Waals surface area contributed by atoms with E-state index in [1.165, 1.54) is 6.07 Å². The number of rotatable bonds is 4. The van der Waals surface area contributed by atoms with Crippen LogP contribution in [-0.2, 0) is 5.75 Å². The lowest BCUT2D eigenvalue weighted by Gasteiger charge is -2.00. The molecule has 0 aliphatic rings. The van der Waals surface area contributed by atoms with Gasteiger partial charge in [0.25, 0.3) is 0 Å². The van der Waals surface area contributed by atoms with Gasteiger partial charge in [-0.1, -0.05) is 18.2 Å². The minimum Gasteiger partial charge on any atom is -0.357 e. The van der Waals surface area contributed by atoms with E-state index in [0.717, 1.165) is 23.6 Å². The molecule has 3 heteroatoms. The van der Waals surface area contributed by atoms with Gasteiger partial charge < -0.3 is 5.73 Å². The summed E-state index contributed by atoms with van der Waals surface area (Å²) < 4.78 is 13.0. The van der Waals surface area contributed by atoms with Crippen LogP contribution in [0.15, 0.2) is 24.3 Å². The van der Waals surface area contributed by atoms with Crippen molar-refractivity contribution in [2.24, 2.45) is 0 Å². The highest BCUT2D eigenvalue weighted by molar-refractivity contribution is 7.98. The molecule has 0 saturated heterocycles. The van der Waals surface area contributed by atoms with Crippen LogP contribution in [-0.4, -0.2) is 12.3 Å². The topological polar surface area (TPSA) is 27.6 Å². The van der Waals surface area contributed by atoms with E-state index in [9.17, 15) is 4.39 Å². The standard InChI is InChI=1S/C9H12FNS/c10-9-4-2-1-3-8(9)7-12-6-5-11/h1-4H,5-7,11H2/p+1. The molecule has 0 spiro atoms. The predicted molar refractivity (Wildman–Crippen MR) is 50.3 cm³/mol. The zero-order chi connectivity index (χ0) is 8.81. The van der Waals surface area contributed by atoms with Crippen molar-refractivity contribution in [3.63, 3.8) is 0 Å². The fourth-order valence-electron chi connectivity index (χ4n) is 0.900. The summed E-state index contributed by atoms with van der Waals surface area (Å²) >= 11 is 1.72. The van der Waals surface area contributed by atoms with Crippen LogP contribution in [0, 0.1) is 5.82 Å². The smallest absolute Gasteiger partial charge is 0.127 e.